The molecule has 4 rings (SSSR count). The summed E-state index contributed by atoms with van der Waals surface area (Å²) in [6.07, 6.45) is 0.127. The van der Waals surface area contributed by atoms with Crippen molar-refractivity contribution in [1.29, 1.82) is 0 Å². The van der Waals surface area contributed by atoms with Gasteiger partial charge in [-0.2, -0.15) is 15.4 Å². The summed E-state index contributed by atoms with van der Waals surface area (Å²) in [6.45, 7) is 10.5. The molecule has 0 aliphatic carbocycles. The van der Waals surface area contributed by atoms with E-state index in [-0.39, 0.29) is 0 Å². The fourth-order valence-corrected chi connectivity index (χ4v) is 3.80. The second-order valence-electron chi connectivity index (χ2n) is 7.42. The highest BCUT2D eigenvalue weighted by Crippen LogP contribution is 2.32. The Bertz CT molecular complexity index is 971. The van der Waals surface area contributed by atoms with Crippen LogP contribution in [-0.2, 0) is 6.42 Å². The number of ether oxygens (including phenoxy) is 1. The van der Waals surface area contributed by atoms with E-state index in [1.54, 1.807) is 0 Å². The molecule has 1 aliphatic heterocycles. The molecule has 30 heavy (non-hydrogen) atoms. The van der Waals surface area contributed by atoms with E-state index in [0.717, 1.165) is 59.9 Å². The minimum absolute atomic E-state index is 0.336. The molecule has 2 heterocycles. The van der Waals surface area contributed by atoms with Gasteiger partial charge in [0.05, 0.1) is 12.6 Å². The van der Waals surface area contributed by atoms with Crippen molar-refractivity contribution in [2.75, 3.05) is 43.1 Å². The summed E-state index contributed by atoms with van der Waals surface area (Å²) in [5.41, 5.74) is 4.80. The third-order valence-corrected chi connectivity index (χ3v) is 5.52. The molecular formula is C22H29N6O2. The summed E-state index contributed by atoms with van der Waals surface area (Å²) in [4.78, 5) is 4.55. The number of rotatable bonds is 9. The van der Waals surface area contributed by atoms with Crippen molar-refractivity contribution in [3.63, 3.8) is 0 Å². The Morgan fingerprint density at radius 1 is 1.17 bits per heavy atom. The average Bonchev–Trinajstić information content (AvgIpc) is 3.22. The molecule has 1 unspecified atom stereocenters. The zero-order chi connectivity index (χ0) is 20.9. The van der Waals surface area contributed by atoms with Crippen LogP contribution in [0.1, 0.15) is 19.4 Å². The minimum Gasteiger partial charge on any atom is -0.473 e. The molecule has 0 fully saturated rings. The van der Waals surface area contributed by atoms with Crippen LogP contribution in [0.15, 0.2) is 36.4 Å². The van der Waals surface area contributed by atoms with Gasteiger partial charge in [0.25, 0.3) is 0 Å². The zero-order valence-electron chi connectivity index (χ0n) is 17.5. The number of likely N-dealkylation sites (N-methyl/N-ethyl adjacent to an activating group) is 1. The normalized spacial score (nSPS) is 16.1. The highest BCUT2D eigenvalue weighted by atomic mass is 16.5. The molecule has 0 bridgehead atoms. The second-order valence-corrected chi connectivity index (χ2v) is 7.42. The summed E-state index contributed by atoms with van der Waals surface area (Å²) in [7, 11) is 0. The number of aromatic nitrogens is 3. The zero-order valence-corrected chi connectivity index (χ0v) is 17.5. The van der Waals surface area contributed by atoms with E-state index in [1.165, 1.54) is 0 Å². The molecule has 8 heteroatoms. The first kappa shape index (κ1) is 20.4. The first-order chi connectivity index (χ1) is 14.7. The SMILES string of the molecule is CCN(CC)CCN1[CH]C(O)Cc2cc(OCNc3ccc4n[nH]nc4c3)ccc21. The number of anilines is 2. The van der Waals surface area contributed by atoms with Crippen LogP contribution in [0.3, 0.4) is 0 Å². The summed E-state index contributed by atoms with van der Waals surface area (Å²) in [5.74, 6) is 0.779. The van der Waals surface area contributed by atoms with Gasteiger partial charge in [0.2, 0.25) is 0 Å². The lowest BCUT2D eigenvalue weighted by atomic mass is 9.99. The third-order valence-electron chi connectivity index (χ3n) is 5.52. The highest BCUT2D eigenvalue weighted by molar-refractivity contribution is 5.77. The monoisotopic (exact) mass is 409 g/mol. The number of aliphatic hydroxyl groups excluding tert-OH is 1. The van der Waals surface area contributed by atoms with Crippen molar-refractivity contribution in [3.8, 4) is 5.75 Å². The number of aromatic amines is 1. The predicted molar refractivity (Wildman–Crippen MR) is 119 cm³/mol. The van der Waals surface area contributed by atoms with E-state index in [4.69, 9.17) is 4.74 Å². The van der Waals surface area contributed by atoms with Crippen molar-refractivity contribution in [3.05, 3.63) is 48.5 Å². The van der Waals surface area contributed by atoms with Gasteiger partial charge in [0, 0.05) is 30.9 Å². The Hall–Kier alpha value is -2.84. The summed E-state index contributed by atoms with van der Waals surface area (Å²) in [6, 6.07) is 11.9. The van der Waals surface area contributed by atoms with Crippen molar-refractivity contribution in [2.24, 2.45) is 0 Å². The van der Waals surface area contributed by atoms with Gasteiger partial charge in [-0.05, 0) is 55.1 Å². The van der Waals surface area contributed by atoms with Crippen molar-refractivity contribution < 1.29 is 9.84 Å². The highest BCUT2D eigenvalue weighted by Gasteiger charge is 2.24. The van der Waals surface area contributed by atoms with Crippen LogP contribution in [-0.4, -0.2) is 64.4 Å². The Kier molecular flexibility index (Phi) is 6.35. The first-order valence-corrected chi connectivity index (χ1v) is 10.5. The van der Waals surface area contributed by atoms with Crippen LogP contribution in [0.5, 0.6) is 5.75 Å². The Balaban J connectivity index is 1.37. The van der Waals surface area contributed by atoms with Gasteiger partial charge in [-0.3, -0.25) is 0 Å². The smallest absolute Gasteiger partial charge is 0.159 e. The van der Waals surface area contributed by atoms with Crippen molar-refractivity contribution in [1.82, 2.24) is 20.3 Å². The van der Waals surface area contributed by atoms with Crippen LogP contribution in [0.4, 0.5) is 11.4 Å². The van der Waals surface area contributed by atoms with Gasteiger partial charge in [0.15, 0.2) is 6.73 Å². The molecule has 3 aromatic rings. The maximum absolute atomic E-state index is 10.3. The van der Waals surface area contributed by atoms with Gasteiger partial charge in [0.1, 0.15) is 16.8 Å². The van der Waals surface area contributed by atoms with Crippen LogP contribution < -0.4 is 15.0 Å². The maximum Gasteiger partial charge on any atom is 0.159 e. The lowest BCUT2D eigenvalue weighted by molar-refractivity contribution is 0.197. The molecule has 1 atom stereocenters. The van der Waals surface area contributed by atoms with E-state index in [9.17, 15) is 5.11 Å². The fraction of sp³-hybridized carbons (Fsp3) is 0.409. The van der Waals surface area contributed by atoms with E-state index < -0.39 is 6.10 Å². The average molecular weight is 410 g/mol. The quantitative estimate of drug-likeness (QED) is 0.468. The van der Waals surface area contributed by atoms with Crippen LogP contribution in [0.2, 0.25) is 0 Å². The number of H-pyrrole nitrogens is 1. The molecule has 0 amide bonds. The van der Waals surface area contributed by atoms with Gasteiger partial charge in [-0.15, -0.1) is 0 Å². The molecular weight excluding hydrogens is 380 g/mol. The summed E-state index contributed by atoms with van der Waals surface area (Å²) in [5, 5.41) is 24.3. The fourth-order valence-electron chi connectivity index (χ4n) is 3.80. The molecule has 0 saturated heterocycles. The number of fused-ring (bicyclic) bond motifs is 2. The van der Waals surface area contributed by atoms with Gasteiger partial charge in [-0.25, -0.2) is 0 Å². The molecule has 0 spiro atoms. The molecule has 2 aromatic carbocycles. The van der Waals surface area contributed by atoms with Gasteiger partial charge >= 0.3 is 0 Å². The predicted octanol–water partition coefficient (Wildman–Crippen LogP) is 2.63. The molecule has 8 nitrogen and oxygen atoms in total. The first-order valence-electron chi connectivity index (χ1n) is 10.5. The molecule has 1 aliphatic rings. The Morgan fingerprint density at radius 2 is 2.00 bits per heavy atom. The molecule has 159 valence electrons. The Morgan fingerprint density at radius 3 is 2.83 bits per heavy atom. The molecule has 0 saturated carbocycles. The van der Waals surface area contributed by atoms with E-state index in [0.29, 0.717) is 13.2 Å². The van der Waals surface area contributed by atoms with E-state index in [2.05, 4.69) is 50.4 Å². The third kappa shape index (κ3) is 4.66. The van der Waals surface area contributed by atoms with E-state index >= 15 is 0 Å². The standard InChI is InChI=1S/C22H29N6O2/c1-3-27(4-2)9-10-28-14-18(29)11-16-12-19(6-8-22(16)28)30-15-23-17-5-7-20-21(13-17)25-26-24-20/h5-8,12-14,18,23,29H,3-4,9-11,15H2,1-2H3,(H,24,25,26). The van der Waals surface area contributed by atoms with Crippen LogP contribution >= 0.6 is 0 Å². The summed E-state index contributed by atoms with van der Waals surface area (Å²) >= 11 is 0. The van der Waals surface area contributed by atoms with E-state index in [1.807, 2.05) is 36.9 Å². The Labute approximate surface area is 176 Å². The molecule has 3 N–H and O–H groups in total. The number of nitrogens with zero attached hydrogens (tertiary/aromatic N) is 4. The number of hydrogen-bond acceptors (Lipinski definition) is 7. The number of hydrogen-bond donors (Lipinski definition) is 3. The molecule has 1 aromatic heterocycles. The number of aliphatic hydroxyl groups is 1. The van der Waals surface area contributed by atoms with Crippen LogP contribution in [0.25, 0.3) is 11.0 Å². The van der Waals surface area contributed by atoms with Crippen LogP contribution in [0, 0.1) is 6.54 Å². The van der Waals surface area contributed by atoms with Crippen molar-refractivity contribution >= 4 is 22.4 Å². The topological polar surface area (TPSA) is 89.5 Å². The van der Waals surface area contributed by atoms with Crippen molar-refractivity contribution in [2.45, 2.75) is 26.4 Å². The minimum atomic E-state index is -0.475. The maximum atomic E-state index is 10.3. The lowest BCUT2D eigenvalue weighted by Crippen LogP contribution is -2.39. The largest absolute Gasteiger partial charge is 0.473 e. The lowest BCUT2D eigenvalue weighted by Gasteiger charge is -2.35. The second kappa shape index (κ2) is 9.32. The summed E-state index contributed by atoms with van der Waals surface area (Å²) < 4.78 is 5.90. The number of benzene rings is 2. The number of nitrogens with one attached hydrogen (secondary N) is 2. The van der Waals surface area contributed by atoms with Gasteiger partial charge in [-0.1, -0.05) is 13.8 Å². The van der Waals surface area contributed by atoms with Gasteiger partial charge < -0.3 is 25.0 Å². The molecule has 1 radical (unpaired) electrons.